The Labute approximate surface area is 113 Å². The Bertz CT molecular complexity index is 408. The molecule has 2 N–H and O–H groups in total. The fourth-order valence-corrected chi connectivity index (χ4v) is 2.03. The van der Waals surface area contributed by atoms with Crippen molar-refractivity contribution in [1.29, 1.82) is 0 Å². The lowest BCUT2D eigenvalue weighted by atomic mass is 10.1. The maximum absolute atomic E-state index is 12.1. The first-order valence-corrected chi connectivity index (χ1v) is 6.14. The minimum Gasteiger partial charge on any atom is -0.370 e. The predicted octanol–water partition coefficient (Wildman–Crippen LogP) is 1.83. The number of likely N-dealkylation sites (N-methyl/N-ethyl adjacent to an activating group) is 1. The Balaban J connectivity index is 2.87. The lowest BCUT2D eigenvalue weighted by Crippen LogP contribution is -2.42. The molecule has 0 saturated heterocycles. The Morgan fingerprint density at radius 3 is 2.61 bits per heavy atom. The van der Waals surface area contributed by atoms with Gasteiger partial charge in [-0.2, -0.15) is 0 Å². The van der Waals surface area contributed by atoms with Crippen molar-refractivity contribution >= 4 is 17.5 Å². The van der Waals surface area contributed by atoms with Crippen LogP contribution >= 0.6 is 11.6 Å². The van der Waals surface area contributed by atoms with Crippen LogP contribution in [0, 0.1) is 0 Å². The third kappa shape index (κ3) is 3.22. The molecule has 1 rings (SSSR count). The van der Waals surface area contributed by atoms with Crippen molar-refractivity contribution in [3.63, 3.8) is 0 Å². The summed E-state index contributed by atoms with van der Waals surface area (Å²) >= 11 is 6.12. The van der Waals surface area contributed by atoms with Crippen LogP contribution in [-0.2, 0) is 9.53 Å². The van der Waals surface area contributed by atoms with Crippen molar-refractivity contribution in [1.82, 2.24) is 4.90 Å². The van der Waals surface area contributed by atoms with Gasteiger partial charge in [0, 0.05) is 25.7 Å². The zero-order valence-corrected chi connectivity index (χ0v) is 11.6. The van der Waals surface area contributed by atoms with E-state index in [1.807, 2.05) is 31.2 Å². The summed E-state index contributed by atoms with van der Waals surface area (Å²) in [5, 5.41) is 0.645. The largest absolute Gasteiger partial charge is 0.370 e. The zero-order chi connectivity index (χ0) is 13.7. The molecule has 2 unspecified atom stereocenters. The number of ether oxygens (including phenoxy) is 1. The fraction of sp³-hybridized carbons (Fsp3) is 0.462. The van der Waals surface area contributed by atoms with Gasteiger partial charge in [0.05, 0.1) is 6.04 Å². The van der Waals surface area contributed by atoms with Gasteiger partial charge in [0.15, 0.2) is 0 Å². The normalized spacial score (nSPS) is 14.1. The second-order valence-electron chi connectivity index (χ2n) is 4.11. The number of carbonyl (C=O) groups excluding carboxylic acids is 1. The van der Waals surface area contributed by atoms with E-state index in [4.69, 9.17) is 22.1 Å². The summed E-state index contributed by atoms with van der Waals surface area (Å²) in [6.45, 7) is 2.08. The van der Waals surface area contributed by atoms with Crippen LogP contribution in [0.25, 0.3) is 0 Å². The van der Waals surface area contributed by atoms with Gasteiger partial charge in [-0.1, -0.05) is 29.8 Å². The molecule has 0 saturated carbocycles. The van der Waals surface area contributed by atoms with Gasteiger partial charge >= 0.3 is 0 Å². The molecular weight excluding hydrogens is 252 g/mol. The summed E-state index contributed by atoms with van der Waals surface area (Å²) in [6.07, 6.45) is -0.611. The van der Waals surface area contributed by atoms with Crippen LogP contribution in [0.15, 0.2) is 24.3 Å². The molecule has 0 radical (unpaired) electrons. The summed E-state index contributed by atoms with van der Waals surface area (Å²) in [5.74, 6) is -0.146. The average Bonchev–Trinajstić information content (AvgIpc) is 2.39. The molecular formula is C13H19ClN2O2. The molecule has 1 aromatic carbocycles. The van der Waals surface area contributed by atoms with E-state index in [9.17, 15) is 4.79 Å². The Morgan fingerprint density at radius 1 is 1.50 bits per heavy atom. The molecule has 0 spiro atoms. The monoisotopic (exact) mass is 270 g/mol. The maximum Gasteiger partial charge on any atom is 0.253 e. The molecule has 1 aromatic rings. The second kappa shape index (κ2) is 6.73. The summed E-state index contributed by atoms with van der Waals surface area (Å²) < 4.78 is 5.05. The number of hydrogen-bond acceptors (Lipinski definition) is 3. The summed E-state index contributed by atoms with van der Waals surface area (Å²) in [5.41, 5.74) is 6.40. The number of amides is 1. The summed E-state index contributed by atoms with van der Waals surface area (Å²) in [4.78, 5) is 13.7. The molecule has 100 valence electrons. The van der Waals surface area contributed by atoms with E-state index < -0.39 is 6.10 Å². The molecule has 18 heavy (non-hydrogen) atoms. The number of nitrogens with two attached hydrogens (primary N) is 1. The quantitative estimate of drug-likeness (QED) is 0.888. The first-order chi connectivity index (χ1) is 8.52. The van der Waals surface area contributed by atoms with E-state index in [-0.39, 0.29) is 18.5 Å². The third-order valence-electron chi connectivity index (χ3n) is 3.06. The Hall–Kier alpha value is -1.10. The Morgan fingerprint density at radius 2 is 2.11 bits per heavy atom. The number of methoxy groups -OCH3 is 1. The highest BCUT2D eigenvalue weighted by molar-refractivity contribution is 6.31. The molecule has 5 heteroatoms. The van der Waals surface area contributed by atoms with Crippen LogP contribution < -0.4 is 5.73 Å². The van der Waals surface area contributed by atoms with Gasteiger partial charge in [-0.25, -0.2) is 0 Å². The van der Waals surface area contributed by atoms with Crippen molar-refractivity contribution in [2.75, 3.05) is 20.7 Å². The smallest absolute Gasteiger partial charge is 0.253 e. The van der Waals surface area contributed by atoms with Crippen molar-refractivity contribution in [3.8, 4) is 0 Å². The van der Waals surface area contributed by atoms with Crippen molar-refractivity contribution < 1.29 is 9.53 Å². The number of nitrogens with zero attached hydrogens (tertiary/aromatic N) is 1. The van der Waals surface area contributed by atoms with Gasteiger partial charge in [0.25, 0.3) is 5.91 Å². The molecule has 0 fully saturated rings. The zero-order valence-electron chi connectivity index (χ0n) is 10.9. The summed E-state index contributed by atoms with van der Waals surface area (Å²) in [7, 11) is 3.20. The number of carbonyl (C=O) groups is 1. The number of hydrogen-bond donors (Lipinski definition) is 1. The van der Waals surface area contributed by atoms with Gasteiger partial charge in [0.2, 0.25) is 0 Å². The lowest BCUT2D eigenvalue weighted by molar-refractivity contribution is -0.142. The van der Waals surface area contributed by atoms with Crippen LogP contribution in [-0.4, -0.2) is 37.6 Å². The molecule has 0 aliphatic rings. The first-order valence-electron chi connectivity index (χ1n) is 5.76. The van der Waals surface area contributed by atoms with Crippen molar-refractivity contribution in [3.05, 3.63) is 34.9 Å². The van der Waals surface area contributed by atoms with Gasteiger partial charge < -0.3 is 15.4 Å². The van der Waals surface area contributed by atoms with Crippen LogP contribution in [0.2, 0.25) is 5.02 Å². The van der Waals surface area contributed by atoms with E-state index in [1.54, 1.807) is 11.9 Å². The van der Waals surface area contributed by atoms with E-state index in [0.717, 1.165) is 5.56 Å². The molecule has 0 aromatic heterocycles. The van der Waals surface area contributed by atoms with Crippen LogP contribution in [0.3, 0.4) is 0 Å². The van der Waals surface area contributed by atoms with Gasteiger partial charge in [0.1, 0.15) is 6.10 Å². The third-order valence-corrected chi connectivity index (χ3v) is 3.40. The minimum atomic E-state index is -0.611. The Kier molecular flexibility index (Phi) is 5.59. The van der Waals surface area contributed by atoms with Gasteiger partial charge in [-0.05, 0) is 18.6 Å². The molecule has 2 atom stereocenters. The number of rotatable bonds is 5. The topological polar surface area (TPSA) is 55.6 Å². The molecule has 0 heterocycles. The number of benzene rings is 1. The molecule has 1 amide bonds. The molecule has 0 aliphatic heterocycles. The van der Waals surface area contributed by atoms with E-state index in [0.29, 0.717) is 5.02 Å². The van der Waals surface area contributed by atoms with Crippen LogP contribution in [0.1, 0.15) is 18.5 Å². The fourth-order valence-electron chi connectivity index (χ4n) is 1.74. The van der Waals surface area contributed by atoms with Crippen molar-refractivity contribution in [2.24, 2.45) is 5.73 Å². The average molecular weight is 271 g/mol. The minimum absolute atomic E-state index is 0.129. The predicted molar refractivity (Wildman–Crippen MR) is 72.5 cm³/mol. The lowest BCUT2D eigenvalue weighted by Gasteiger charge is -2.28. The van der Waals surface area contributed by atoms with Crippen molar-refractivity contribution in [2.45, 2.75) is 19.1 Å². The van der Waals surface area contributed by atoms with E-state index in [2.05, 4.69) is 0 Å². The maximum atomic E-state index is 12.1. The highest BCUT2D eigenvalue weighted by atomic mass is 35.5. The van der Waals surface area contributed by atoms with Gasteiger partial charge in [-0.3, -0.25) is 4.79 Å². The highest BCUT2D eigenvalue weighted by Crippen LogP contribution is 2.26. The second-order valence-corrected chi connectivity index (χ2v) is 4.51. The standard InChI is InChI=1S/C13H19ClN2O2/c1-9(10-6-4-5-7-11(10)14)16(2)13(17)12(8-15)18-3/h4-7,9,12H,8,15H2,1-3H3. The van der Waals surface area contributed by atoms with Crippen LogP contribution in [0.5, 0.6) is 0 Å². The first kappa shape index (κ1) is 15.0. The number of halogens is 1. The molecule has 0 bridgehead atoms. The summed E-state index contributed by atoms with van der Waals surface area (Å²) in [6, 6.07) is 7.34. The SMILES string of the molecule is COC(CN)C(=O)N(C)C(C)c1ccccc1Cl. The van der Waals surface area contributed by atoms with E-state index >= 15 is 0 Å². The molecule has 4 nitrogen and oxygen atoms in total. The molecule has 0 aliphatic carbocycles. The van der Waals surface area contributed by atoms with Crippen LogP contribution in [0.4, 0.5) is 0 Å². The van der Waals surface area contributed by atoms with Gasteiger partial charge in [-0.15, -0.1) is 0 Å². The van der Waals surface area contributed by atoms with E-state index in [1.165, 1.54) is 7.11 Å². The highest BCUT2D eigenvalue weighted by Gasteiger charge is 2.25.